The predicted molar refractivity (Wildman–Crippen MR) is 88.9 cm³/mol. The molecular weight excluding hydrogens is 332 g/mol. The van der Waals surface area contributed by atoms with Crippen molar-refractivity contribution in [1.29, 1.82) is 0 Å². The molecule has 0 saturated carbocycles. The Morgan fingerprint density at radius 1 is 1.12 bits per heavy atom. The zero-order valence-electron chi connectivity index (χ0n) is 13.0. The first-order valence-corrected chi connectivity index (χ1v) is 8.44. The third-order valence-electron chi connectivity index (χ3n) is 3.71. The maximum absolute atomic E-state index is 12.9. The smallest absolute Gasteiger partial charge is 0.273 e. The fourth-order valence-electron chi connectivity index (χ4n) is 2.48. The minimum absolute atomic E-state index is 0.125. The van der Waals surface area contributed by atoms with E-state index in [0.29, 0.717) is 5.39 Å². The average Bonchev–Trinajstić information content (AvgIpc) is 2.99. The largest absolute Gasteiger partial charge is 0.494 e. The lowest BCUT2D eigenvalue weighted by Crippen LogP contribution is -2.12. The van der Waals surface area contributed by atoms with Gasteiger partial charge in [0.1, 0.15) is 5.52 Å². The summed E-state index contributed by atoms with van der Waals surface area (Å²) in [6, 6.07) is 10.5. The summed E-state index contributed by atoms with van der Waals surface area (Å²) < 4.78 is 32.0. The van der Waals surface area contributed by atoms with Crippen molar-refractivity contribution in [2.24, 2.45) is 0 Å². The number of methoxy groups -OCH3 is 1. The van der Waals surface area contributed by atoms with Crippen molar-refractivity contribution in [3.8, 4) is 5.75 Å². The van der Waals surface area contributed by atoms with Crippen molar-refractivity contribution < 1.29 is 18.1 Å². The van der Waals surface area contributed by atoms with Gasteiger partial charge in [-0.15, -0.1) is 0 Å². The Morgan fingerprint density at radius 2 is 1.79 bits per heavy atom. The second kappa shape index (κ2) is 5.64. The normalized spacial score (nSPS) is 11.6. The molecule has 0 fully saturated rings. The molecule has 0 N–H and O–H groups in total. The first-order valence-electron chi connectivity index (χ1n) is 7.00. The highest BCUT2D eigenvalue weighted by Gasteiger charge is 2.23. The van der Waals surface area contributed by atoms with Gasteiger partial charge >= 0.3 is 0 Å². The molecule has 0 spiro atoms. The monoisotopic (exact) mass is 346 g/mol. The second-order valence-corrected chi connectivity index (χ2v) is 7.09. The Balaban J connectivity index is 2.27. The van der Waals surface area contributed by atoms with Crippen LogP contribution in [0.3, 0.4) is 0 Å². The van der Waals surface area contributed by atoms with Gasteiger partial charge in [-0.05, 0) is 25.1 Å². The van der Waals surface area contributed by atoms with E-state index in [9.17, 15) is 18.5 Å². The summed E-state index contributed by atoms with van der Waals surface area (Å²) in [7, 11) is -2.50. The summed E-state index contributed by atoms with van der Waals surface area (Å²) >= 11 is 0. The van der Waals surface area contributed by atoms with Gasteiger partial charge in [0.05, 0.1) is 23.0 Å². The molecule has 0 radical (unpaired) electrons. The molecule has 124 valence electrons. The van der Waals surface area contributed by atoms with Crippen LogP contribution in [0.1, 0.15) is 5.56 Å². The van der Waals surface area contributed by atoms with Crippen molar-refractivity contribution in [3.63, 3.8) is 0 Å². The molecule has 3 rings (SSSR count). The van der Waals surface area contributed by atoms with Gasteiger partial charge < -0.3 is 4.74 Å². The minimum atomic E-state index is -3.84. The zero-order valence-corrected chi connectivity index (χ0v) is 13.8. The Labute approximate surface area is 138 Å². The lowest BCUT2D eigenvalue weighted by atomic mass is 10.2. The molecule has 0 unspecified atom stereocenters. The Morgan fingerprint density at radius 3 is 2.38 bits per heavy atom. The van der Waals surface area contributed by atoms with Gasteiger partial charge in [-0.3, -0.25) is 10.1 Å². The fourth-order valence-corrected chi connectivity index (χ4v) is 3.85. The summed E-state index contributed by atoms with van der Waals surface area (Å²) in [5.74, 6) is 0.125. The summed E-state index contributed by atoms with van der Waals surface area (Å²) in [5, 5.41) is 11.4. The number of non-ortho nitro benzene ring substituents is 1. The molecule has 0 aliphatic heterocycles. The average molecular weight is 346 g/mol. The van der Waals surface area contributed by atoms with Gasteiger partial charge in [-0.25, -0.2) is 12.4 Å². The zero-order chi connectivity index (χ0) is 17.5. The van der Waals surface area contributed by atoms with E-state index in [2.05, 4.69) is 0 Å². The molecule has 8 heteroatoms. The van der Waals surface area contributed by atoms with E-state index in [-0.39, 0.29) is 21.8 Å². The van der Waals surface area contributed by atoms with Crippen molar-refractivity contribution >= 4 is 26.6 Å². The van der Waals surface area contributed by atoms with E-state index in [1.165, 1.54) is 43.6 Å². The van der Waals surface area contributed by atoms with E-state index in [1.54, 1.807) is 12.1 Å². The first kappa shape index (κ1) is 16.0. The molecule has 0 aliphatic rings. The van der Waals surface area contributed by atoms with Crippen molar-refractivity contribution in [2.75, 3.05) is 7.11 Å². The molecule has 0 bridgehead atoms. The van der Waals surface area contributed by atoms with E-state index in [0.717, 1.165) is 9.54 Å². The Bertz CT molecular complexity index is 1040. The number of nitro benzene ring substituents is 1. The van der Waals surface area contributed by atoms with E-state index < -0.39 is 14.9 Å². The van der Waals surface area contributed by atoms with Gasteiger partial charge in [0, 0.05) is 17.6 Å². The Hall–Kier alpha value is -2.87. The van der Waals surface area contributed by atoms with Crippen LogP contribution in [0.5, 0.6) is 5.75 Å². The number of rotatable bonds is 4. The molecule has 1 aromatic heterocycles. The quantitative estimate of drug-likeness (QED) is 0.535. The van der Waals surface area contributed by atoms with Crippen LogP contribution in [0, 0.1) is 17.0 Å². The van der Waals surface area contributed by atoms with Gasteiger partial charge in [-0.2, -0.15) is 0 Å². The highest BCUT2D eigenvalue weighted by Crippen LogP contribution is 2.33. The molecule has 7 nitrogen and oxygen atoms in total. The molecule has 2 aromatic carbocycles. The molecule has 1 heterocycles. The molecule has 0 atom stereocenters. The van der Waals surface area contributed by atoms with Crippen LogP contribution in [0.2, 0.25) is 0 Å². The van der Waals surface area contributed by atoms with Gasteiger partial charge in [-0.1, -0.05) is 17.7 Å². The highest BCUT2D eigenvalue weighted by molar-refractivity contribution is 7.90. The van der Waals surface area contributed by atoms with Crippen LogP contribution in [0.25, 0.3) is 10.9 Å². The number of aryl methyl sites for hydroxylation is 1. The number of benzene rings is 2. The number of aromatic nitrogens is 1. The van der Waals surface area contributed by atoms with Crippen LogP contribution >= 0.6 is 0 Å². The predicted octanol–water partition coefficient (Wildman–Crippen LogP) is 3.10. The van der Waals surface area contributed by atoms with Crippen molar-refractivity contribution in [3.05, 3.63) is 64.3 Å². The molecule has 0 aliphatic carbocycles. The summed E-state index contributed by atoms with van der Waals surface area (Å²) in [6.07, 6.45) is 1.37. The molecule has 0 amide bonds. The van der Waals surface area contributed by atoms with E-state index in [4.69, 9.17) is 4.74 Å². The number of hydrogen-bond donors (Lipinski definition) is 0. The van der Waals surface area contributed by atoms with Gasteiger partial charge in [0.2, 0.25) is 0 Å². The van der Waals surface area contributed by atoms with Crippen LogP contribution in [-0.4, -0.2) is 24.4 Å². The summed E-state index contributed by atoms with van der Waals surface area (Å²) in [4.78, 5) is 10.6. The van der Waals surface area contributed by atoms with Crippen LogP contribution in [-0.2, 0) is 10.0 Å². The minimum Gasteiger partial charge on any atom is -0.494 e. The summed E-state index contributed by atoms with van der Waals surface area (Å²) in [5.41, 5.74) is 1.05. The number of fused-ring (bicyclic) bond motifs is 1. The number of nitro groups is 1. The number of hydrogen-bond acceptors (Lipinski definition) is 5. The first-order chi connectivity index (χ1) is 11.3. The molecule has 0 saturated heterocycles. The van der Waals surface area contributed by atoms with Crippen molar-refractivity contribution in [1.82, 2.24) is 3.97 Å². The van der Waals surface area contributed by atoms with Gasteiger partial charge in [0.15, 0.2) is 5.75 Å². The van der Waals surface area contributed by atoms with E-state index in [1.807, 2.05) is 6.92 Å². The lowest BCUT2D eigenvalue weighted by Gasteiger charge is -2.10. The summed E-state index contributed by atoms with van der Waals surface area (Å²) in [6.45, 7) is 1.86. The highest BCUT2D eigenvalue weighted by atomic mass is 32.2. The standard InChI is InChI=1S/C16H14N2O5S/c1-11-3-5-14(6-4-11)24(21,22)17-8-7-12-9-13(18(19)20)10-15(23-2)16(12)17/h3-10H,1-2H3. The second-order valence-electron chi connectivity index (χ2n) is 5.27. The van der Waals surface area contributed by atoms with Crippen LogP contribution < -0.4 is 4.74 Å². The number of ether oxygens (including phenoxy) is 1. The van der Waals surface area contributed by atoms with E-state index >= 15 is 0 Å². The third kappa shape index (κ3) is 2.50. The van der Waals surface area contributed by atoms with Crippen LogP contribution in [0.15, 0.2) is 53.6 Å². The maximum Gasteiger partial charge on any atom is 0.273 e. The van der Waals surface area contributed by atoms with Gasteiger partial charge in [0.25, 0.3) is 15.7 Å². The third-order valence-corrected chi connectivity index (χ3v) is 5.40. The lowest BCUT2D eigenvalue weighted by molar-refractivity contribution is -0.384. The number of nitrogens with zero attached hydrogens (tertiary/aromatic N) is 2. The molecular formula is C16H14N2O5S. The van der Waals surface area contributed by atoms with Crippen LogP contribution in [0.4, 0.5) is 5.69 Å². The molecule has 24 heavy (non-hydrogen) atoms. The maximum atomic E-state index is 12.9. The molecule has 3 aromatic rings. The SMILES string of the molecule is COc1cc([N+](=O)[O-])cc2ccn(S(=O)(=O)c3ccc(C)cc3)c12. The van der Waals surface area contributed by atoms with Crippen molar-refractivity contribution in [2.45, 2.75) is 11.8 Å². The topological polar surface area (TPSA) is 91.4 Å². The fraction of sp³-hybridized carbons (Fsp3) is 0.125. The Kier molecular flexibility index (Phi) is 3.76.